The number of nitrogens with zero attached hydrogens (tertiary/aromatic N) is 3. The molecule has 1 heterocycles. The second-order valence-corrected chi connectivity index (χ2v) is 4.93. The van der Waals surface area contributed by atoms with Crippen molar-refractivity contribution in [2.75, 3.05) is 13.2 Å². The lowest BCUT2D eigenvalue weighted by Gasteiger charge is -2.13. The highest BCUT2D eigenvalue weighted by Gasteiger charge is 2.06. The van der Waals surface area contributed by atoms with Crippen molar-refractivity contribution in [2.24, 2.45) is 7.05 Å². The van der Waals surface area contributed by atoms with Crippen molar-refractivity contribution in [1.29, 1.82) is 0 Å². The molecular weight excluding hydrogens is 268 g/mol. The number of rotatable bonds is 8. The first-order chi connectivity index (χ1) is 10.2. The van der Waals surface area contributed by atoms with Gasteiger partial charge >= 0.3 is 0 Å². The first kappa shape index (κ1) is 15.5. The van der Waals surface area contributed by atoms with Gasteiger partial charge in [-0.15, -0.1) is 0 Å². The normalized spacial score (nSPS) is 12.3. The van der Waals surface area contributed by atoms with E-state index in [1.165, 1.54) is 5.56 Å². The average molecular weight is 290 g/mol. The first-order valence-corrected chi connectivity index (χ1v) is 7.12. The Hall–Kier alpha value is -1.92. The number of aryl methyl sites for hydroxylation is 2. The molecule has 2 aromatic rings. The van der Waals surface area contributed by atoms with Crippen LogP contribution in [0.3, 0.4) is 0 Å². The Morgan fingerprint density at radius 2 is 2.29 bits per heavy atom. The number of hydrogen-bond acceptors (Lipinski definition) is 5. The number of aliphatic hydroxyl groups is 1. The Morgan fingerprint density at radius 3 is 3.00 bits per heavy atom. The molecule has 0 saturated carbocycles. The summed E-state index contributed by atoms with van der Waals surface area (Å²) in [7, 11) is 1.82. The molecule has 0 aliphatic heterocycles. The lowest BCUT2D eigenvalue weighted by atomic mass is 10.2. The number of hydrogen-bond donors (Lipinski definition) is 2. The van der Waals surface area contributed by atoms with Gasteiger partial charge in [0.1, 0.15) is 24.8 Å². The second kappa shape index (κ2) is 7.75. The van der Waals surface area contributed by atoms with E-state index in [0.717, 1.165) is 12.2 Å². The third-order valence-electron chi connectivity index (χ3n) is 3.06. The van der Waals surface area contributed by atoms with Crippen LogP contribution in [-0.2, 0) is 20.0 Å². The summed E-state index contributed by atoms with van der Waals surface area (Å²) < 4.78 is 7.24. The highest BCUT2D eigenvalue weighted by atomic mass is 16.5. The van der Waals surface area contributed by atoms with Gasteiger partial charge in [-0.1, -0.05) is 19.1 Å². The van der Waals surface area contributed by atoms with Crippen LogP contribution >= 0.6 is 0 Å². The van der Waals surface area contributed by atoms with Gasteiger partial charge in [-0.3, -0.25) is 4.68 Å². The molecule has 1 aromatic heterocycles. The molecule has 0 fully saturated rings. The van der Waals surface area contributed by atoms with Crippen molar-refractivity contribution in [3.05, 3.63) is 42.0 Å². The first-order valence-electron chi connectivity index (χ1n) is 7.12. The van der Waals surface area contributed by atoms with E-state index in [1.54, 1.807) is 11.0 Å². The summed E-state index contributed by atoms with van der Waals surface area (Å²) in [5.41, 5.74) is 1.22. The molecule has 1 aromatic carbocycles. The van der Waals surface area contributed by atoms with Crippen molar-refractivity contribution in [3.8, 4) is 5.75 Å². The van der Waals surface area contributed by atoms with Crippen molar-refractivity contribution in [1.82, 2.24) is 20.1 Å². The van der Waals surface area contributed by atoms with Crippen LogP contribution < -0.4 is 10.1 Å². The predicted octanol–water partition coefficient (Wildman–Crippen LogP) is 0.907. The van der Waals surface area contributed by atoms with Gasteiger partial charge in [-0.2, -0.15) is 5.10 Å². The van der Waals surface area contributed by atoms with Gasteiger partial charge in [0.05, 0.1) is 6.54 Å². The Labute approximate surface area is 124 Å². The fourth-order valence-corrected chi connectivity index (χ4v) is 1.92. The zero-order valence-electron chi connectivity index (χ0n) is 12.5. The van der Waals surface area contributed by atoms with E-state index >= 15 is 0 Å². The van der Waals surface area contributed by atoms with Crippen molar-refractivity contribution < 1.29 is 9.84 Å². The predicted molar refractivity (Wildman–Crippen MR) is 80.0 cm³/mol. The van der Waals surface area contributed by atoms with E-state index in [1.807, 2.05) is 25.2 Å². The molecule has 114 valence electrons. The highest BCUT2D eigenvalue weighted by molar-refractivity contribution is 5.28. The van der Waals surface area contributed by atoms with Gasteiger partial charge in [0.2, 0.25) is 0 Å². The molecule has 0 amide bonds. The summed E-state index contributed by atoms with van der Waals surface area (Å²) in [6.45, 7) is 3.33. The topological polar surface area (TPSA) is 72.2 Å². The molecule has 2 rings (SSSR count). The molecule has 1 atom stereocenters. The van der Waals surface area contributed by atoms with Crippen LogP contribution in [0, 0.1) is 0 Å². The molecule has 0 spiro atoms. The summed E-state index contributed by atoms with van der Waals surface area (Å²) in [6, 6.07) is 7.92. The summed E-state index contributed by atoms with van der Waals surface area (Å²) in [6.07, 6.45) is 2.05. The van der Waals surface area contributed by atoms with Gasteiger partial charge in [0.15, 0.2) is 5.82 Å². The molecule has 0 aliphatic carbocycles. The maximum Gasteiger partial charge on any atom is 0.164 e. The Balaban J connectivity index is 1.68. The molecule has 6 nitrogen and oxygen atoms in total. The third-order valence-corrected chi connectivity index (χ3v) is 3.06. The van der Waals surface area contributed by atoms with Crippen LogP contribution in [0.25, 0.3) is 0 Å². The van der Waals surface area contributed by atoms with E-state index in [4.69, 9.17) is 4.74 Å². The lowest BCUT2D eigenvalue weighted by Crippen LogP contribution is -2.31. The maximum absolute atomic E-state index is 9.89. The van der Waals surface area contributed by atoms with Crippen LogP contribution in [0.4, 0.5) is 0 Å². The smallest absolute Gasteiger partial charge is 0.164 e. The summed E-state index contributed by atoms with van der Waals surface area (Å²) in [4.78, 5) is 4.10. The summed E-state index contributed by atoms with van der Waals surface area (Å²) in [5.74, 6) is 1.50. The van der Waals surface area contributed by atoms with Gasteiger partial charge in [0, 0.05) is 13.6 Å². The second-order valence-electron chi connectivity index (χ2n) is 4.93. The van der Waals surface area contributed by atoms with Gasteiger partial charge in [-0.05, 0) is 24.1 Å². The molecule has 0 saturated heterocycles. The van der Waals surface area contributed by atoms with Crippen molar-refractivity contribution in [2.45, 2.75) is 26.0 Å². The molecular formula is C15H22N4O2. The van der Waals surface area contributed by atoms with Gasteiger partial charge in [-0.25, -0.2) is 4.98 Å². The molecule has 2 N–H and O–H groups in total. The van der Waals surface area contributed by atoms with E-state index < -0.39 is 6.10 Å². The molecule has 0 bridgehead atoms. The average Bonchev–Trinajstić information content (AvgIpc) is 2.91. The van der Waals surface area contributed by atoms with Crippen LogP contribution in [0.1, 0.15) is 18.3 Å². The van der Waals surface area contributed by atoms with Crippen LogP contribution in [0.2, 0.25) is 0 Å². The standard InChI is InChI=1S/C15H22N4O2/c1-3-12-5-4-6-14(7-12)21-10-13(20)8-16-9-15-17-11-19(2)18-15/h4-7,11,13,16,20H,3,8-10H2,1-2H3. The lowest BCUT2D eigenvalue weighted by molar-refractivity contribution is 0.106. The SMILES string of the molecule is CCc1cccc(OCC(O)CNCc2ncn(C)n2)c1. The zero-order valence-corrected chi connectivity index (χ0v) is 12.5. The fourth-order valence-electron chi connectivity index (χ4n) is 1.92. The zero-order chi connectivity index (χ0) is 15.1. The third kappa shape index (κ3) is 5.17. The Bertz CT molecular complexity index is 556. The van der Waals surface area contributed by atoms with Gasteiger partial charge in [0.25, 0.3) is 0 Å². The number of benzene rings is 1. The highest BCUT2D eigenvalue weighted by Crippen LogP contribution is 2.13. The Kier molecular flexibility index (Phi) is 5.71. The fraction of sp³-hybridized carbons (Fsp3) is 0.467. The molecule has 0 radical (unpaired) electrons. The van der Waals surface area contributed by atoms with Crippen LogP contribution in [0.5, 0.6) is 5.75 Å². The summed E-state index contributed by atoms with van der Waals surface area (Å²) in [5, 5.41) is 17.1. The van der Waals surface area contributed by atoms with E-state index in [9.17, 15) is 5.11 Å². The van der Waals surface area contributed by atoms with Crippen LogP contribution in [0.15, 0.2) is 30.6 Å². The minimum absolute atomic E-state index is 0.260. The molecule has 21 heavy (non-hydrogen) atoms. The number of nitrogens with one attached hydrogen (secondary N) is 1. The van der Waals surface area contributed by atoms with E-state index in [0.29, 0.717) is 18.9 Å². The monoisotopic (exact) mass is 290 g/mol. The molecule has 1 unspecified atom stereocenters. The molecule has 6 heteroatoms. The van der Waals surface area contributed by atoms with Crippen LogP contribution in [-0.4, -0.2) is 39.1 Å². The number of aliphatic hydroxyl groups excluding tert-OH is 1. The number of aromatic nitrogens is 3. The van der Waals surface area contributed by atoms with Gasteiger partial charge < -0.3 is 15.2 Å². The number of ether oxygens (including phenoxy) is 1. The van der Waals surface area contributed by atoms with E-state index in [2.05, 4.69) is 28.4 Å². The largest absolute Gasteiger partial charge is 0.491 e. The van der Waals surface area contributed by atoms with E-state index in [-0.39, 0.29) is 6.61 Å². The minimum Gasteiger partial charge on any atom is -0.491 e. The minimum atomic E-state index is -0.570. The molecule has 0 aliphatic rings. The maximum atomic E-state index is 9.89. The Morgan fingerprint density at radius 1 is 1.43 bits per heavy atom. The summed E-state index contributed by atoms with van der Waals surface area (Å²) >= 11 is 0. The van der Waals surface area contributed by atoms with Crippen molar-refractivity contribution >= 4 is 0 Å². The quantitative estimate of drug-likeness (QED) is 0.756. The van der Waals surface area contributed by atoms with Crippen molar-refractivity contribution in [3.63, 3.8) is 0 Å².